The lowest BCUT2D eigenvalue weighted by molar-refractivity contribution is -0.132. The summed E-state index contributed by atoms with van der Waals surface area (Å²) >= 11 is 0. The highest BCUT2D eigenvalue weighted by molar-refractivity contribution is 6.51. The molecule has 0 radical (unpaired) electrons. The number of nitrogens with zero attached hydrogens (tertiary/aromatic N) is 1. The number of aliphatic hydroxyl groups is 1. The number of amides is 1. The first kappa shape index (κ1) is 22.7. The van der Waals surface area contributed by atoms with Gasteiger partial charge in [0.25, 0.3) is 11.7 Å². The SMILES string of the molecule is COc1ccc(C2/C(=C(/O)c3ccc4c(c3)CCCO4)C(=O)C(=O)N2c2cccc(C)c2C)cc1. The molecule has 0 aliphatic carbocycles. The number of fused-ring (bicyclic) bond motifs is 1. The van der Waals surface area contributed by atoms with Crippen molar-refractivity contribution >= 4 is 23.1 Å². The predicted molar refractivity (Wildman–Crippen MR) is 134 cm³/mol. The molecule has 2 aliphatic heterocycles. The summed E-state index contributed by atoms with van der Waals surface area (Å²) in [5.74, 6) is -0.117. The Hall–Kier alpha value is -4.06. The molecule has 6 heteroatoms. The lowest BCUT2D eigenvalue weighted by atomic mass is 9.93. The fraction of sp³-hybridized carbons (Fsp3) is 0.241. The second-order valence-corrected chi connectivity index (χ2v) is 8.94. The number of methoxy groups -OCH3 is 1. The molecule has 0 spiro atoms. The molecule has 178 valence electrons. The van der Waals surface area contributed by atoms with E-state index in [-0.39, 0.29) is 11.3 Å². The summed E-state index contributed by atoms with van der Waals surface area (Å²) in [6.45, 7) is 4.56. The molecule has 3 aromatic rings. The van der Waals surface area contributed by atoms with E-state index in [2.05, 4.69) is 0 Å². The van der Waals surface area contributed by atoms with E-state index in [1.165, 1.54) is 4.90 Å². The number of carbonyl (C=O) groups is 2. The van der Waals surface area contributed by atoms with Gasteiger partial charge in [0.1, 0.15) is 17.3 Å². The summed E-state index contributed by atoms with van der Waals surface area (Å²) < 4.78 is 11.0. The van der Waals surface area contributed by atoms with Gasteiger partial charge in [0, 0.05) is 11.3 Å². The second kappa shape index (κ2) is 8.95. The summed E-state index contributed by atoms with van der Waals surface area (Å²) in [4.78, 5) is 28.4. The molecule has 5 rings (SSSR count). The zero-order valence-corrected chi connectivity index (χ0v) is 20.0. The number of Topliss-reactive ketones (excluding diaryl/α,β-unsaturated/α-hetero) is 1. The van der Waals surface area contributed by atoms with Crippen LogP contribution in [0.3, 0.4) is 0 Å². The predicted octanol–water partition coefficient (Wildman–Crippen LogP) is 5.26. The van der Waals surface area contributed by atoms with Crippen molar-refractivity contribution in [2.45, 2.75) is 32.7 Å². The molecular formula is C29H27NO5. The zero-order chi connectivity index (χ0) is 24.7. The van der Waals surface area contributed by atoms with Crippen LogP contribution in [0.25, 0.3) is 5.76 Å². The average molecular weight is 470 g/mol. The maximum Gasteiger partial charge on any atom is 0.300 e. The minimum absolute atomic E-state index is 0.0674. The third-order valence-electron chi connectivity index (χ3n) is 6.89. The van der Waals surface area contributed by atoms with Crippen LogP contribution in [0.15, 0.2) is 66.2 Å². The Balaban J connectivity index is 1.71. The van der Waals surface area contributed by atoms with Crippen molar-refractivity contribution in [3.05, 3.63) is 94.1 Å². The molecule has 1 fully saturated rings. The molecule has 1 unspecified atom stereocenters. The van der Waals surface area contributed by atoms with E-state index < -0.39 is 17.7 Å². The Bertz CT molecular complexity index is 1360. The minimum Gasteiger partial charge on any atom is -0.507 e. The van der Waals surface area contributed by atoms with Gasteiger partial charge < -0.3 is 14.6 Å². The van der Waals surface area contributed by atoms with Crippen molar-refractivity contribution < 1.29 is 24.2 Å². The maximum absolute atomic E-state index is 13.4. The van der Waals surface area contributed by atoms with Crippen LogP contribution in [0, 0.1) is 13.8 Å². The Morgan fingerprint density at radius 3 is 2.57 bits per heavy atom. The lowest BCUT2D eigenvalue weighted by Crippen LogP contribution is -2.30. The number of benzene rings is 3. The number of ether oxygens (including phenoxy) is 2. The molecule has 1 saturated heterocycles. The molecule has 3 aromatic carbocycles. The van der Waals surface area contributed by atoms with Gasteiger partial charge in [-0.15, -0.1) is 0 Å². The average Bonchev–Trinajstić information content (AvgIpc) is 3.15. The Morgan fingerprint density at radius 1 is 1.06 bits per heavy atom. The molecule has 2 heterocycles. The van der Waals surface area contributed by atoms with Crippen molar-refractivity contribution in [3.63, 3.8) is 0 Å². The Morgan fingerprint density at radius 2 is 1.83 bits per heavy atom. The summed E-state index contributed by atoms with van der Waals surface area (Å²) in [5, 5.41) is 11.4. The minimum atomic E-state index is -0.784. The molecule has 1 atom stereocenters. The van der Waals surface area contributed by atoms with Gasteiger partial charge in [0.15, 0.2) is 0 Å². The number of ketones is 1. The van der Waals surface area contributed by atoms with Gasteiger partial charge in [-0.25, -0.2) is 0 Å². The van der Waals surface area contributed by atoms with Gasteiger partial charge in [-0.3, -0.25) is 14.5 Å². The highest BCUT2D eigenvalue weighted by atomic mass is 16.5. The van der Waals surface area contributed by atoms with E-state index >= 15 is 0 Å². The molecular weight excluding hydrogens is 442 g/mol. The molecule has 0 bridgehead atoms. The number of aliphatic hydroxyl groups excluding tert-OH is 1. The molecule has 0 saturated carbocycles. The highest BCUT2D eigenvalue weighted by Gasteiger charge is 2.47. The van der Waals surface area contributed by atoms with Crippen LogP contribution in [0.1, 0.15) is 40.3 Å². The molecule has 35 heavy (non-hydrogen) atoms. The third kappa shape index (κ3) is 3.85. The molecule has 1 N–H and O–H groups in total. The zero-order valence-electron chi connectivity index (χ0n) is 20.0. The third-order valence-corrected chi connectivity index (χ3v) is 6.89. The Kier molecular flexibility index (Phi) is 5.81. The topological polar surface area (TPSA) is 76.1 Å². The van der Waals surface area contributed by atoms with Crippen LogP contribution in [0.5, 0.6) is 11.5 Å². The van der Waals surface area contributed by atoms with E-state index in [4.69, 9.17) is 9.47 Å². The van der Waals surface area contributed by atoms with Crippen molar-refractivity contribution in [3.8, 4) is 11.5 Å². The normalized spacial score (nSPS) is 18.8. The van der Waals surface area contributed by atoms with Crippen molar-refractivity contribution in [2.75, 3.05) is 18.6 Å². The van der Waals surface area contributed by atoms with Crippen LogP contribution in [0.4, 0.5) is 5.69 Å². The van der Waals surface area contributed by atoms with E-state index in [1.807, 2.05) is 56.3 Å². The maximum atomic E-state index is 13.4. The molecule has 0 aromatic heterocycles. The van der Waals surface area contributed by atoms with Crippen molar-refractivity contribution in [1.29, 1.82) is 0 Å². The van der Waals surface area contributed by atoms with E-state index in [9.17, 15) is 14.7 Å². The first-order valence-electron chi connectivity index (χ1n) is 11.7. The number of carbonyl (C=O) groups excluding carboxylic acids is 2. The molecule has 2 aliphatic rings. The number of rotatable bonds is 4. The van der Waals surface area contributed by atoms with Gasteiger partial charge in [0.05, 0.1) is 25.3 Å². The van der Waals surface area contributed by atoms with E-state index in [0.717, 1.165) is 35.3 Å². The van der Waals surface area contributed by atoms with E-state index in [0.29, 0.717) is 29.2 Å². The number of hydrogen-bond donors (Lipinski definition) is 1. The number of hydrogen-bond acceptors (Lipinski definition) is 5. The lowest BCUT2D eigenvalue weighted by Gasteiger charge is -2.27. The van der Waals surface area contributed by atoms with Gasteiger partial charge in [-0.2, -0.15) is 0 Å². The van der Waals surface area contributed by atoms with Crippen LogP contribution in [0.2, 0.25) is 0 Å². The van der Waals surface area contributed by atoms with Crippen molar-refractivity contribution in [2.24, 2.45) is 0 Å². The summed E-state index contributed by atoms with van der Waals surface area (Å²) in [6.07, 6.45) is 1.72. The first-order valence-corrected chi connectivity index (χ1v) is 11.7. The van der Waals surface area contributed by atoms with Crippen molar-refractivity contribution in [1.82, 2.24) is 0 Å². The Labute approximate surface area is 204 Å². The highest BCUT2D eigenvalue weighted by Crippen LogP contribution is 2.44. The van der Waals surface area contributed by atoms with Crippen LogP contribution in [-0.4, -0.2) is 30.5 Å². The summed E-state index contributed by atoms with van der Waals surface area (Å²) in [5.41, 5.74) is 4.79. The van der Waals surface area contributed by atoms with E-state index in [1.54, 1.807) is 25.3 Å². The summed E-state index contributed by atoms with van der Waals surface area (Å²) in [7, 11) is 1.58. The second-order valence-electron chi connectivity index (χ2n) is 8.94. The monoisotopic (exact) mass is 469 g/mol. The smallest absolute Gasteiger partial charge is 0.300 e. The number of anilines is 1. The summed E-state index contributed by atoms with van der Waals surface area (Å²) in [6, 6.07) is 17.5. The quantitative estimate of drug-likeness (QED) is 0.320. The van der Waals surface area contributed by atoms with Gasteiger partial charge in [-0.1, -0.05) is 24.3 Å². The number of aryl methyl sites for hydroxylation is 2. The molecule has 6 nitrogen and oxygen atoms in total. The first-order chi connectivity index (χ1) is 16.9. The molecule has 1 amide bonds. The van der Waals surface area contributed by atoms with Crippen LogP contribution in [-0.2, 0) is 16.0 Å². The van der Waals surface area contributed by atoms with Gasteiger partial charge >= 0.3 is 0 Å². The fourth-order valence-electron chi connectivity index (χ4n) is 4.84. The standard InChI is InChI=1S/C29H27NO5/c1-17-6-4-8-23(18(17)2)30-26(19-9-12-22(34-3)13-10-19)25(28(32)29(30)33)27(31)21-11-14-24-20(16-21)7-5-15-35-24/h4,6,8-14,16,26,31H,5,7,15H2,1-3H3/b27-25-. The largest absolute Gasteiger partial charge is 0.507 e. The van der Waals surface area contributed by atoms with Crippen LogP contribution < -0.4 is 14.4 Å². The van der Waals surface area contributed by atoms with Gasteiger partial charge in [-0.05, 0) is 85.3 Å². The van der Waals surface area contributed by atoms with Gasteiger partial charge in [0.2, 0.25) is 0 Å². The fourth-order valence-corrected chi connectivity index (χ4v) is 4.84. The van der Waals surface area contributed by atoms with Crippen LogP contribution >= 0.6 is 0 Å².